The Labute approximate surface area is 131 Å². The van der Waals surface area contributed by atoms with Crippen molar-refractivity contribution in [2.45, 2.75) is 13.3 Å². The number of halogens is 2. The highest BCUT2D eigenvalue weighted by Crippen LogP contribution is 2.27. The van der Waals surface area contributed by atoms with Gasteiger partial charge in [0.2, 0.25) is 0 Å². The summed E-state index contributed by atoms with van der Waals surface area (Å²) in [7, 11) is 0. The predicted octanol–water partition coefficient (Wildman–Crippen LogP) is 3.94. The molecule has 1 aromatic carbocycles. The fourth-order valence-corrected chi connectivity index (χ4v) is 2.33. The molecular weight excluding hydrogens is 309 g/mol. The summed E-state index contributed by atoms with van der Waals surface area (Å²) >= 11 is 12.0. The number of nitrogens with zero attached hydrogens (tertiary/aromatic N) is 4. The summed E-state index contributed by atoms with van der Waals surface area (Å²) in [5.41, 5.74) is 1.53. The SMILES string of the molecule is CCCNc1ncnc2c1cnn2-c1ccc(Cl)c(Cl)c1. The summed E-state index contributed by atoms with van der Waals surface area (Å²) in [6, 6.07) is 5.35. The molecule has 0 saturated heterocycles. The van der Waals surface area contributed by atoms with Gasteiger partial charge in [0.1, 0.15) is 12.1 Å². The smallest absolute Gasteiger partial charge is 0.168 e. The highest BCUT2D eigenvalue weighted by Gasteiger charge is 2.11. The first-order valence-corrected chi connectivity index (χ1v) is 7.34. The van der Waals surface area contributed by atoms with Gasteiger partial charge in [0.15, 0.2) is 5.65 Å². The fourth-order valence-electron chi connectivity index (χ4n) is 2.03. The van der Waals surface area contributed by atoms with Crippen molar-refractivity contribution in [3.8, 4) is 5.69 Å². The van der Waals surface area contributed by atoms with Crippen LogP contribution in [0.4, 0.5) is 5.82 Å². The van der Waals surface area contributed by atoms with Crippen molar-refractivity contribution in [2.75, 3.05) is 11.9 Å². The summed E-state index contributed by atoms with van der Waals surface area (Å²) in [5.74, 6) is 0.785. The minimum atomic E-state index is 0.483. The molecule has 0 fully saturated rings. The van der Waals surface area contributed by atoms with Crippen molar-refractivity contribution < 1.29 is 0 Å². The molecule has 0 bridgehead atoms. The van der Waals surface area contributed by atoms with Crippen LogP contribution in [0, 0.1) is 0 Å². The maximum Gasteiger partial charge on any atom is 0.168 e. The van der Waals surface area contributed by atoms with Gasteiger partial charge in [-0.2, -0.15) is 5.10 Å². The Hall–Kier alpha value is -1.85. The molecule has 3 rings (SSSR count). The molecule has 0 aliphatic carbocycles. The molecule has 21 heavy (non-hydrogen) atoms. The molecule has 0 spiro atoms. The number of benzene rings is 1. The fraction of sp³-hybridized carbons (Fsp3) is 0.214. The Balaban J connectivity index is 2.09. The average Bonchev–Trinajstić information content (AvgIpc) is 2.92. The standard InChI is InChI=1S/C14H13Cl2N5/c1-2-5-17-13-10-7-20-21(14(10)19-8-18-13)9-3-4-11(15)12(16)6-9/h3-4,6-8H,2,5H2,1H3,(H,17,18,19). The van der Waals surface area contributed by atoms with Crippen molar-refractivity contribution >= 4 is 40.1 Å². The molecule has 0 saturated carbocycles. The molecule has 5 nitrogen and oxygen atoms in total. The van der Waals surface area contributed by atoms with Gasteiger partial charge in [0.25, 0.3) is 0 Å². The predicted molar refractivity (Wildman–Crippen MR) is 85.5 cm³/mol. The Morgan fingerprint density at radius 2 is 2.05 bits per heavy atom. The van der Waals surface area contributed by atoms with Gasteiger partial charge in [0.05, 0.1) is 27.3 Å². The van der Waals surface area contributed by atoms with E-state index in [9.17, 15) is 0 Å². The van der Waals surface area contributed by atoms with E-state index in [1.807, 2.05) is 6.07 Å². The molecule has 0 amide bonds. The lowest BCUT2D eigenvalue weighted by Crippen LogP contribution is -2.03. The first-order valence-electron chi connectivity index (χ1n) is 6.58. The van der Waals surface area contributed by atoms with Crippen LogP contribution in [-0.4, -0.2) is 26.3 Å². The van der Waals surface area contributed by atoms with Crippen LogP contribution in [0.3, 0.4) is 0 Å². The van der Waals surface area contributed by atoms with Crippen LogP contribution in [0.5, 0.6) is 0 Å². The Morgan fingerprint density at radius 1 is 1.19 bits per heavy atom. The molecule has 3 aromatic rings. The van der Waals surface area contributed by atoms with Crippen molar-refractivity contribution in [3.05, 3.63) is 40.8 Å². The third kappa shape index (κ3) is 2.66. The lowest BCUT2D eigenvalue weighted by atomic mass is 10.3. The van der Waals surface area contributed by atoms with E-state index in [-0.39, 0.29) is 0 Å². The van der Waals surface area contributed by atoms with Gasteiger partial charge in [-0.3, -0.25) is 0 Å². The highest BCUT2D eigenvalue weighted by molar-refractivity contribution is 6.42. The van der Waals surface area contributed by atoms with E-state index in [4.69, 9.17) is 23.2 Å². The highest BCUT2D eigenvalue weighted by atomic mass is 35.5. The van der Waals surface area contributed by atoms with Gasteiger partial charge in [-0.15, -0.1) is 0 Å². The minimum Gasteiger partial charge on any atom is -0.369 e. The van der Waals surface area contributed by atoms with Crippen LogP contribution in [0.15, 0.2) is 30.7 Å². The van der Waals surface area contributed by atoms with Gasteiger partial charge < -0.3 is 5.32 Å². The third-order valence-corrected chi connectivity index (χ3v) is 3.80. The molecule has 0 aliphatic rings. The second-order valence-electron chi connectivity index (χ2n) is 4.54. The topological polar surface area (TPSA) is 55.6 Å². The number of hydrogen-bond donors (Lipinski definition) is 1. The summed E-state index contributed by atoms with van der Waals surface area (Å²) in [6.07, 6.45) is 4.29. The number of rotatable bonds is 4. The first-order chi connectivity index (χ1) is 10.2. The summed E-state index contributed by atoms with van der Waals surface area (Å²) in [4.78, 5) is 8.57. The number of nitrogens with one attached hydrogen (secondary N) is 1. The zero-order valence-corrected chi connectivity index (χ0v) is 12.9. The number of fused-ring (bicyclic) bond motifs is 1. The summed E-state index contributed by atoms with van der Waals surface area (Å²) in [5, 5.41) is 9.51. The van der Waals surface area contributed by atoms with Gasteiger partial charge in [0, 0.05) is 6.54 Å². The molecule has 1 N–H and O–H groups in total. The van der Waals surface area contributed by atoms with Crippen LogP contribution in [0.1, 0.15) is 13.3 Å². The molecule has 0 radical (unpaired) electrons. The second kappa shape index (κ2) is 5.87. The van der Waals surface area contributed by atoms with Crippen molar-refractivity contribution in [1.29, 1.82) is 0 Å². The summed E-state index contributed by atoms with van der Waals surface area (Å²) < 4.78 is 1.72. The molecule has 2 heterocycles. The van der Waals surface area contributed by atoms with E-state index < -0.39 is 0 Å². The molecule has 7 heteroatoms. The minimum absolute atomic E-state index is 0.483. The molecule has 108 valence electrons. The number of aromatic nitrogens is 4. The van der Waals surface area contributed by atoms with E-state index in [2.05, 4.69) is 27.3 Å². The van der Waals surface area contributed by atoms with Crippen molar-refractivity contribution in [3.63, 3.8) is 0 Å². The quantitative estimate of drug-likeness (QED) is 0.790. The van der Waals surface area contributed by atoms with E-state index >= 15 is 0 Å². The number of anilines is 1. The largest absolute Gasteiger partial charge is 0.369 e. The van der Waals surface area contributed by atoms with Gasteiger partial charge in [-0.25, -0.2) is 14.6 Å². The van der Waals surface area contributed by atoms with Crippen LogP contribution in [0.2, 0.25) is 10.0 Å². The van der Waals surface area contributed by atoms with E-state index in [1.54, 1.807) is 23.0 Å². The summed E-state index contributed by atoms with van der Waals surface area (Å²) in [6.45, 7) is 2.95. The first kappa shape index (κ1) is 14.1. The van der Waals surface area contributed by atoms with E-state index in [0.717, 1.165) is 35.5 Å². The third-order valence-electron chi connectivity index (χ3n) is 3.06. The lowest BCUT2D eigenvalue weighted by Gasteiger charge is -2.06. The van der Waals surface area contributed by atoms with Crippen LogP contribution >= 0.6 is 23.2 Å². The molecular formula is C14H13Cl2N5. The molecule has 2 aromatic heterocycles. The maximum absolute atomic E-state index is 6.06. The average molecular weight is 322 g/mol. The van der Waals surface area contributed by atoms with E-state index in [1.165, 1.54) is 6.33 Å². The van der Waals surface area contributed by atoms with Gasteiger partial charge >= 0.3 is 0 Å². The Morgan fingerprint density at radius 3 is 2.81 bits per heavy atom. The lowest BCUT2D eigenvalue weighted by molar-refractivity contribution is 0.895. The monoisotopic (exact) mass is 321 g/mol. The Bertz CT molecular complexity index is 784. The second-order valence-corrected chi connectivity index (χ2v) is 5.36. The zero-order valence-electron chi connectivity index (χ0n) is 11.3. The molecule has 0 aliphatic heterocycles. The van der Waals surface area contributed by atoms with Crippen molar-refractivity contribution in [2.24, 2.45) is 0 Å². The van der Waals surface area contributed by atoms with E-state index in [0.29, 0.717) is 10.0 Å². The molecule has 0 unspecified atom stereocenters. The number of hydrogen-bond acceptors (Lipinski definition) is 4. The zero-order chi connectivity index (χ0) is 14.8. The molecule has 0 atom stereocenters. The maximum atomic E-state index is 6.06. The normalized spacial score (nSPS) is 11.0. The van der Waals surface area contributed by atoms with Crippen molar-refractivity contribution in [1.82, 2.24) is 19.7 Å². The van der Waals surface area contributed by atoms with Crippen LogP contribution < -0.4 is 5.32 Å². The van der Waals surface area contributed by atoms with Gasteiger partial charge in [-0.1, -0.05) is 30.1 Å². The van der Waals surface area contributed by atoms with Crippen LogP contribution in [0.25, 0.3) is 16.7 Å². The van der Waals surface area contributed by atoms with Crippen LogP contribution in [-0.2, 0) is 0 Å². The van der Waals surface area contributed by atoms with Gasteiger partial charge in [-0.05, 0) is 24.6 Å². The Kier molecular flexibility index (Phi) is 3.94.